The monoisotopic (exact) mass is 547 g/mol. The highest BCUT2D eigenvalue weighted by atomic mass is 79.9. The first-order valence-electron chi connectivity index (χ1n) is 12.9. The summed E-state index contributed by atoms with van der Waals surface area (Å²) < 4.78 is 1.06. The van der Waals surface area contributed by atoms with E-state index in [2.05, 4.69) is 42.1 Å². The Balaban J connectivity index is 0.000000257. The van der Waals surface area contributed by atoms with Crippen LogP contribution < -0.4 is 0 Å². The van der Waals surface area contributed by atoms with Crippen LogP contribution in [0.5, 0.6) is 0 Å². The molecule has 0 spiro atoms. The topological polar surface area (TPSA) is 71.2 Å². The number of unbranched alkanes of at least 4 members (excludes halogenated alkanes) is 2. The van der Waals surface area contributed by atoms with Crippen LogP contribution in [0.1, 0.15) is 101 Å². The third-order valence-corrected chi connectivity index (χ3v) is 7.85. The SMILES string of the molecule is CCCC(CCC)C(=N)N1CCCc2sccc2C1=N.CCCCCC(O)c1ccc(Br)cc1. The maximum atomic E-state index is 9.82. The van der Waals surface area contributed by atoms with Crippen molar-refractivity contribution in [1.82, 2.24) is 4.90 Å². The molecule has 2 aromatic rings. The number of halogens is 1. The average Bonchev–Trinajstić information content (AvgIpc) is 3.24. The normalized spacial score (nSPS) is 14.3. The summed E-state index contributed by atoms with van der Waals surface area (Å²) in [7, 11) is 0. The van der Waals surface area contributed by atoms with Crippen LogP contribution in [0.25, 0.3) is 0 Å². The number of amidine groups is 2. The lowest BCUT2D eigenvalue weighted by Crippen LogP contribution is -2.40. The first-order valence-corrected chi connectivity index (χ1v) is 14.5. The Labute approximate surface area is 218 Å². The molecule has 4 nitrogen and oxygen atoms in total. The molecule has 0 amide bonds. The van der Waals surface area contributed by atoms with Crippen LogP contribution in [0.15, 0.2) is 40.2 Å². The molecule has 34 heavy (non-hydrogen) atoms. The second-order valence-electron chi connectivity index (χ2n) is 9.08. The van der Waals surface area contributed by atoms with Gasteiger partial charge in [-0.25, -0.2) is 0 Å². The van der Waals surface area contributed by atoms with Crippen LogP contribution in [0, 0.1) is 16.7 Å². The smallest absolute Gasteiger partial charge is 0.134 e. The van der Waals surface area contributed by atoms with Gasteiger partial charge in [0.05, 0.1) is 6.10 Å². The van der Waals surface area contributed by atoms with Gasteiger partial charge in [0.1, 0.15) is 11.7 Å². The van der Waals surface area contributed by atoms with Crippen LogP contribution in [-0.4, -0.2) is 28.2 Å². The number of hydrogen-bond donors (Lipinski definition) is 3. The van der Waals surface area contributed by atoms with Crippen molar-refractivity contribution >= 4 is 38.9 Å². The lowest BCUT2D eigenvalue weighted by Gasteiger charge is -2.29. The van der Waals surface area contributed by atoms with E-state index >= 15 is 0 Å². The lowest BCUT2D eigenvalue weighted by atomic mass is 9.96. The number of hydrogen-bond acceptors (Lipinski definition) is 4. The van der Waals surface area contributed by atoms with Gasteiger partial charge in [-0.1, -0.05) is 80.9 Å². The summed E-state index contributed by atoms with van der Waals surface area (Å²) in [6, 6.07) is 9.93. The van der Waals surface area contributed by atoms with Gasteiger partial charge in [0.2, 0.25) is 0 Å². The highest BCUT2D eigenvalue weighted by Gasteiger charge is 2.26. The van der Waals surface area contributed by atoms with Gasteiger partial charge in [0.25, 0.3) is 0 Å². The van der Waals surface area contributed by atoms with Crippen molar-refractivity contribution in [2.75, 3.05) is 6.54 Å². The molecular weight excluding hydrogens is 506 g/mol. The molecule has 0 aliphatic carbocycles. The van der Waals surface area contributed by atoms with Gasteiger partial charge in [-0.15, -0.1) is 11.3 Å². The Bertz CT molecular complexity index is 874. The van der Waals surface area contributed by atoms with Crippen molar-refractivity contribution in [3.8, 4) is 0 Å². The molecule has 6 heteroatoms. The number of aryl methyl sites for hydroxylation is 1. The summed E-state index contributed by atoms with van der Waals surface area (Å²) in [5.74, 6) is 1.52. The largest absolute Gasteiger partial charge is 0.388 e. The summed E-state index contributed by atoms with van der Waals surface area (Å²) in [6.07, 6.45) is 10.5. The number of aliphatic hydroxyl groups excluding tert-OH is 1. The van der Waals surface area contributed by atoms with Gasteiger partial charge in [-0.05, 0) is 61.2 Å². The predicted molar refractivity (Wildman–Crippen MR) is 150 cm³/mol. The van der Waals surface area contributed by atoms with E-state index in [1.54, 1.807) is 11.3 Å². The van der Waals surface area contributed by atoms with Crippen molar-refractivity contribution in [2.45, 2.75) is 91.1 Å². The van der Waals surface area contributed by atoms with E-state index in [1.165, 1.54) is 17.7 Å². The minimum absolute atomic E-state index is 0.297. The molecule has 3 rings (SSSR count). The Morgan fingerprint density at radius 2 is 1.71 bits per heavy atom. The summed E-state index contributed by atoms with van der Waals surface area (Å²) in [4.78, 5) is 3.27. The van der Waals surface area contributed by atoms with E-state index in [-0.39, 0.29) is 6.10 Å². The van der Waals surface area contributed by atoms with E-state index < -0.39 is 0 Å². The Kier molecular flexibility index (Phi) is 13.1. The Hall–Kier alpha value is -1.50. The van der Waals surface area contributed by atoms with Crippen LogP contribution in [0.3, 0.4) is 0 Å². The number of aliphatic hydroxyl groups is 1. The second-order valence-corrected chi connectivity index (χ2v) is 11.0. The molecule has 1 aliphatic heterocycles. The van der Waals surface area contributed by atoms with Crippen molar-refractivity contribution in [1.29, 1.82) is 10.8 Å². The molecule has 1 aromatic carbocycles. The Morgan fingerprint density at radius 3 is 2.32 bits per heavy atom. The molecule has 3 N–H and O–H groups in total. The van der Waals surface area contributed by atoms with Gasteiger partial charge in [-0.3, -0.25) is 10.8 Å². The molecule has 0 fully saturated rings. The lowest BCUT2D eigenvalue weighted by molar-refractivity contribution is 0.163. The molecule has 0 saturated heterocycles. The van der Waals surface area contributed by atoms with Crippen molar-refractivity contribution in [3.63, 3.8) is 0 Å². The zero-order valence-electron chi connectivity index (χ0n) is 21.1. The molecule has 1 unspecified atom stereocenters. The van der Waals surface area contributed by atoms with E-state index in [0.29, 0.717) is 17.6 Å². The minimum atomic E-state index is -0.297. The van der Waals surface area contributed by atoms with Crippen molar-refractivity contribution in [2.24, 2.45) is 5.92 Å². The standard InChI is InChI=1S/C16H25N3S.C12H17BrO/c1-3-6-12(7-4-2)15(17)19-10-5-8-14-13(16(19)18)9-11-20-14;1-2-3-4-5-12(14)10-6-8-11(13)9-7-10/h9,11-12,17-18H,3-8,10H2,1-2H3;6-9,12,14H,2-5H2,1H3. The van der Waals surface area contributed by atoms with E-state index in [1.807, 2.05) is 35.2 Å². The molecule has 0 bridgehead atoms. The summed E-state index contributed by atoms with van der Waals surface area (Å²) in [6.45, 7) is 7.36. The van der Waals surface area contributed by atoms with Crippen LogP contribution >= 0.6 is 27.3 Å². The minimum Gasteiger partial charge on any atom is -0.388 e. The van der Waals surface area contributed by atoms with Gasteiger partial charge < -0.3 is 10.0 Å². The van der Waals surface area contributed by atoms with Gasteiger partial charge in [0, 0.05) is 27.4 Å². The van der Waals surface area contributed by atoms with Gasteiger partial charge >= 0.3 is 0 Å². The van der Waals surface area contributed by atoms with Crippen molar-refractivity contribution in [3.05, 3.63) is 56.2 Å². The van der Waals surface area contributed by atoms with Gasteiger partial charge in [-0.2, -0.15) is 0 Å². The number of fused-ring (bicyclic) bond motifs is 1. The molecule has 1 atom stereocenters. The molecule has 1 aliphatic rings. The maximum Gasteiger partial charge on any atom is 0.134 e. The highest BCUT2D eigenvalue weighted by Crippen LogP contribution is 2.26. The fourth-order valence-corrected chi connectivity index (χ4v) is 5.60. The van der Waals surface area contributed by atoms with Crippen LogP contribution in [0.2, 0.25) is 0 Å². The van der Waals surface area contributed by atoms with Crippen LogP contribution in [0.4, 0.5) is 0 Å². The molecule has 0 radical (unpaired) electrons. The molecule has 2 heterocycles. The number of thiophene rings is 1. The van der Waals surface area contributed by atoms with E-state index in [4.69, 9.17) is 10.8 Å². The number of nitrogens with one attached hydrogen (secondary N) is 2. The number of nitrogens with zero attached hydrogens (tertiary/aromatic N) is 1. The number of benzene rings is 1. The van der Waals surface area contributed by atoms with E-state index in [0.717, 1.165) is 73.5 Å². The molecular formula is C28H42BrN3OS. The third-order valence-electron chi connectivity index (χ3n) is 6.34. The fourth-order valence-electron chi connectivity index (χ4n) is 4.42. The summed E-state index contributed by atoms with van der Waals surface area (Å²) in [5, 5.41) is 28.9. The maximum absolute atomic E-state index is 9.82. The summed E-state index contributed by atoms with van der Waals surface area (Å²) >= 11 is 5.12. The van der Waals surface area contributed by atoms with Crippen molar-refractivity contribution < 1.29 is 5.11 Å². The Morgan fingerprint density at radius 1 is 1.03 bits per heavy atom. The van der Waals surface area contributed by atoms with E-state index in [9.17, 15) is 5.11 Å². The average molecular weight is 549 g/mol. The zero-order valence-corrected chi connectivity index (χ0v) is 23.5. The first-order chi connectivity index (χ1) is 16.4. The molecule has 1 aromatic heterocycles. The quantitative estimate of drug-likeness (QED) is 0.158. The molecule has 0 saturated carbocycles. The molecule has 188 valence electrons. The predicted octanol–water partition coefficient (Wildman–Crippen LogP) is 8.58. The number of rotatable bonds is 10. The van der Waals surface area contributed by atoms with Crippen LogP contribution in [-0.2, 0) is 6.42 Å². The summed E-state index contributed by atoms with van der Waals surface area (Å²) in [5.41, 5.74) is 2.06. The first kappa shape index (κ1) is 28.7. The third kappa shape index (κ3) is 8.62. The fraction of sp³-hybridized carbons (Fsp3) is 0.571. The highest BCUT2D eigenvalue weighted by molar-refractivity contribution is 9.10. The zero-order chi connectivity index (χ0) is 24.9. The second kappa shape index (κ2) is 15.5. The van der Waals surface area contributed by atoms with Gasteiger partial charge in [0.15, 0.2) is 0 Å².